The van der Waals surface area contributed by atoms with Crippen molar-refractivity contribution in [1.29, 1.82) is 0 Å². The monoisotopic (exact) mass is 297 g/mol. The average molecular weight is 298 g/mol. The number of hydrogen-bond donors (Lipinski definition) is 0. The molecule has 2 aromatic carbocycles. The van der Waals surface area contributed by atoms with Crippen LogP contribution in [0.4, 0.5) is 4.39 Å². The molecule has 2 aromatic rings. The number of rotatable bonds is 4. The molecule has 0 aliphatic heterocycles. The Morgan fingerprint density at radius 2 is 1.53 bits per heavy atom. The third kappa shape index (κ3) is 4.53. The molecule has 0 unspecified atom stereocenters. The zero-order chi connectivity index (χ0) is 13.0. The highest BCUT2D eigenvalue weighted by atomic mass is 35.5. The first-order valence-corrected chi connectivity index (χ1v) is 6.63. The Bertz CT molecular complexity index is 531. The molecule has 0 bridgehead atoms. The van der Waals surface area contributed by atoms with E-state index in [9.17, 15) is 4.39 Å². The van der Waals surface area contributed by atoms with Crippen LogP contribution in [0.2, 0.25) is 0 Å². The van der Waals surface area contributed by atoms with Crippen molar-refractivity contribution in [2.24, 2.45) is 0 Å². The van der Waals surface area contributed by atoms with E-state index in [-0.39, 0.29) is 18.2 Å². The topological polar surface area (TPSA) is 3.24 Å². The van der Waals surface area contributed by atoms with Gasteiger partial charge in [0, 0.05) is 16.3 Å². The van der Waals surface area contributed by atoms with Crippen LogP contribution in [0, 0.1) is 5.82 Å². The van der Waals surface area contributed by atoms with Gasteiger partial charge in [-0.1, -0.05) is 42.1 Å². The van der Waals surface area contributed by atoms with Gasteiger partial charge in [0.05, 0.1) is 0 Å². The van der Waals surface area contributed by atoms with Crippen molar-refractivity contribution >= 4 is 24.2 Å². The Hall–Kier alpha value is -1.03. The van der Waals surface area contributed by atoms with Gasteiger partial charge in [-0.15, -0.1) is 12.4 Å². The molecular weight excluding hydrogens is 281 g/mol. The molecule has 0 aromatic heterocycles. The van der Waals surface area contributed by atoms with E-state index in [4.69, 9.17) is 0 Å². The number of nitrogens with zero attached hydrogens (tertiary/aromatic N) is 1. The van der Waals surface area contributed by atoms with E-state index in [2.05, 4.69) is 11.0 Å². The van der Waals surface area contributed by atoms with E-state index in [1.807, 2.05) is 44.4 Å². The molecule has 0 spiro atoms. The van der Waals surface area contributed by atoms with E-state index < -0.39 is 0 Å². The summed E-state index contributed by atoms with van der Waals surface area (Å²) < 4.78 is 13.6. The van der Waals surface area contributed by atoms with E-state index in [1.54, 1.807) is 6.07 Å². The minimum absolute atomic E-state index is 0. The summed E-state index contributed by atoms with van der Waals surface area (Å²) in [5.41, 5.74) is 1.22. The van der Waals surface area contributed by atoms with E-state index in [1.165, 1.54) is 23.4 Å². The fraction of sp³-hybridized carbons (Fsp3) is 0.200. The predicted octanol–water partition coefficient (Wildman–Crippen LogP) is 4.46. The summed E-state index contributed by atoms with van der Waals surface area (Å²) in [6.45, 7) is 0.859. The van der Waals surface area contributed by atoms with Gasteiger partial charge in [0.15, 0.2) is 0 Å². The molecule has 0 heterocycles. The Morgan fingerprint density at radius 3 is 2.16 bits per heavy atom. The molecule has 0 radical (unpaired) electrons. The molecule has 2 rings (SSSR count). The maximum Gasteiger partial charge on any atom is 0.137 e. The molecule has 102 valence electrons. The summed E-state index contributed by atoms with van der Waals surface area (Å²) >= 11 is 1.48. The second-order valence-corrected chi connectivity index (χ2v) is 5.46. The number of benzene rings is 2. The quantitative estimate of drug-likeness (QED) is 0.819. The fourth-order valence-corrected chi connectivity index (χ4v) is 2.68. The maximum absolute atomic E-state index is 13.6. The zero-order valence-corrected chi connectivity index (χ0v) is 12.6. The highest BCUT2D eigenvalue weighted by Crippen LogP contribution is 2.32. The fourth-order valence-electron chi connectivity index (χ4n) is 1.72. The van der Waals surface area contributed by atoms with Gasteiger partial charge in [-0.3, -0.25) is 0 Å². The molecule has 4 heteroatoms. The summed E-state index contributed by atoms with van der Waals surface area (Å²) in [4.78, 5) is 3.89. The minimum atomic E-state index is -0.165. The lowest BCUT2D eigenvalue weighted by molar-refractivity contribution is 0.399. The average Bonchev–Trinajstić information content (AvgIpc) is 2.34. The van der Waals surface area contributed by atoms with E-state index >= 15 is 0 Å². The zero-order valence-electron chi connectivity index (χ0n) is 11.0. The number of hydrogen-bond acceptors (Lipinski definition) is 2. The Kier molecular flexibility index (Phi) is 6.35. The van der Waals surface area contributed by atoms with Crippen molar-refractivity contribution in [3.05, 3.63) is 59.9 Å². The summed E-state index contributed by atoms with van der Waals surface area (Å²) in [7, 11) is 4.06. The lowest BCUT2D eigenvalue weighted by Gasteiger charge is -2.13. The van der Waals surface area contributed by atoms with Crippen molar-refractivity contribution in [2.75, 3.05) is 14.1 Å². The van der Waals surface area contributed by atoms with Gasteiger partial charge < -0.3 is 4.90 Å². The SMILES string of the molecule is CN(C)Cc1ccccc1Sc1ccccc1F.Cl. The van der Waals surface area contributed by atoms with Crippen LogP contribution in [0.1, 0.15) is 5.56 Å². The highest BCUT2D eigenvalue weighted by molar-refractivity contribution is 7.99. The van der Waals surface area contributed by atoms with Crippen molar-refractivity contribution in [1.82, 2.24) is 4.90 Å². The third-order valence-electron chi connectivity index (χ3n) is 2.52. The molecule has 0 saturated carbocycles. The summed E-state index contributed by atoms with van der Waals surface area (Å²) in [6.07, 6.45) is 0. The highest BCUT2D eigenvalue weighted by Gasteiger charge is 2.07. The normalized spacial score (nSPS) is 10.3. The van der Waals surface area contributed by atoms with Crippen LogP contribution in [0.3, 0.4) is 0 Å². The molecule has 0 atom stereocenters. The van der Waals surface area contributed by atoms with Crippen molar-refractivity contribution in [3.63, 3.8) is 0 Å². The molecule has 0 saturated heterocycles. The summed E-state index contributed by atoms with van der Waals surface area (Å²) in [5, 5.41) is 0. The van der Waals surface area contributed by atoms with Crippen LogP contribution in [-0.2, 0) is 6.54 Å². The maximum atomic E-state index is 13.6. The molecular formula is C15H17ClFNS. The standard InChI is InChI=1S/C15H16FNS.ClH/c1-17(2)11-12-7-3-5-9-14(12)18-15-10-6-4-8-13(15)16;/h3-10H,11H2,1-2H3;1H. The van der Waals surface area contributed by atoms with Gasteiger partial charge >= 0.3 is 0 Å². The Morgan fingerprint density at radius 1 is 0.947 bits per heavy atom. The molecule has 0 fully saturated rings. The van der Waals surface area contributed by atoms with Gasteiger partial charge in [-0.05, 0) is 37.9 Å². The first-order valence-electron chi connectivity index (χ1n) is 5.82. The first-order chi connectivity index (χ1) is 8.66. The Labute approximate surface area is 124 Å². The molecule has 1 nitrogen and oxygen atoms in total. The Balaban J connectivity index is 0.00000180. The van der Waals surface area contributed by atoms with Crippen LogP contribution in [0.15, 0.2) is 58.3 Å². The van der Waals surface area contributed by atoms with Gasteiger partial charge in [0.2, 0.25) is 0 Å². The van der Waals surface area contributed by atoms with Gasteiger partial charge in [-0.25, -0.2) is 4.39 Å². The van der Waals surface area contributed by atoms with Gasteiger partial charge in [-0.2, -0.15) is 0 Å². The molecule has 19 heavy (non-hydrogen) atoms. The first kappa shape index (κ1) is 16.0. The van der Waals surface area contributed by atoms with E-state index in [0.717, 1.165) is 11.4 Å². The van der Waals surface area contributed by atoms with Crippen LogP contribution in [0.5, 0.6) is 0 Å². The summed E-state index contributed by atoms with van der Waals surface area (Å²) in [6, 6.07) is 15.0. The number of halogens is 2. The smallest absolute Gasteiger partial charge is 0.137 e. The molecule has 0 N–H and O–H groups in total. The molecule has 0 amide bonds. The summed E-state index contributed by atoms with van der Waals surface area (Å²) in [5.74, 6) is -0.165. The lowest BCUT2D eigenvalue weighted by Crippen LogP contribution is -2.11. The lowest BCUT2D eigenvalue weighted by atomic mass is 10.2. The minimum Gasteiger partial charge on any atom is -0.305 e. The van der Waals surface area contributed by atoms with Crippen LogP contribution in [-0.4, -0.2) is 19.0 Å². The predicted molar refractivity (Wildman–Crippen MR) is 81.6 cm³/mol. The van der Waals surface area contributed by atoms with E-state index in [0.29, 0.717) is 4.90 Å². The van der Waals surface area contributed by atoms with Gasteiger partial charge in [0.1, 0.15) is 5.82 Å². The van der Waals surface area contributed by atoms with Crippen LogP contribution < -0.4 is 0 Å². The largest absolute Gasteiger partial charge is 0.305 e. The second-order valence-electron chi connectivity index (χ2n) is 4.38. The van der Waals surface area contributed by atoms with Crippen molar-refractivity contribution in [3.8, 4) is 0 Å². The molecule has 0 aliphatic carbocycles. The van der Waals surface area contributed by atoms with Crippen molar-refractivity contribution in [2.45, 2.75) is 16.3 Å². The van der Waals surface area contributed by atoms with Gasteiger partial charge in [0.25, 0.3) is 0 Å². The molecule has 0 aliphatic rings. The van der Waals surface area contributed by atoms with Crippen LogP contribution >= 0.6 is 24.2 Å². The second kappa shape index (κ2) is 7.53. The van der Waals surface area contributed by atoms with Crippen molar-refractivity contribution < 1.29 is 4.39 Å². The van der Waals surface area contributed by atoms with Crippen LogP contribution in [0.25, 0.3) is 0 Å². The third-order valence-corrected chi connectivity index (χ3v) is 3.68.